The molecule has 1 aromatic heterocycles. The topological polar surface area (TPSA) is 55.1 Å². The van der Waals surface area contributed by atoms with Crippen LogP contribution in [0.2, 0.25) is 0 Å². The number of fused-ring (bicyclic) bond motifs is 3. The maximum atomic E-state index is 13.9. The largest absolute Gasteiger partial charge is 0.480 e. The molecule has 0 aromatic carbocycles. The fourth-order valence-corrected chi connectivity index (χ4v) is 2.72. The fraction of sp³-hybridized carbons (Fsp3) is 0.600. The second-order valence-electron chi connectivity index (χ2n) is 4.73. The molecule has 0 radical (unpaired) electrons. The van der Waals surface area contributed by atoms with Gasteiger partial charge in [0.05, 0.1) is 0 Å². The molecule has 1 aromatic rings. The second kappa shape index (κ2) is 3.26. The molecule has 0 bridgehead atoms. The summed E-state index contributed by atoms with van der Waals surface area (Å²) in [7, 11) is 0. The van der Waals surface area contributed by atoms with Crippen molar-refractivity contribution in [2.45, 2.75) is 31.0 Å². The summed E-state index contributed by atoms with van der Waals surface area (Å²) in [6.07, 6.45) is -4.87. The zero-order chi connectivity index (χ0) is 14.2. The Morgan fingerprint density at radius 2 is 2.11 bits per heavy atom. The summed E-state index contributed by atoms with van der Waals surface area (Å²) in [5, 5.41) is 11.6. The summed E-state index contributed by atoms with van der Waals surface area (Å²) in [6, 6.07) is 0. The number of nitrogens with zero attached hydrogens (tertiary/aromatic N) is 2. The van der Waals surface area contributed by atoms with Crippen LogP contribution in [-0.2, 0) is 23.4 Å². The Bertz CT molecular complexity index is 577. The third-order valence-electron chi connectivity index (χ3n) is 3.49. The van der Waals surface area contributed by atoms with Gasteiger partial charge in [-0.1, -0.05) is 0 Å². The zero-order valence-electron chi connectivity index (χ0n) is 9.21. The second-order valence-corrected chi connectivity index (χ2v) is 4.73. The molecule has 2 aliphatic carbocycles. The molecule has 2 aliphatic rings. The van der Waals surface area contributed by atoms with Crippen molar-refractivity contribution in [3.8, 4) is 0 Å². The SMILES string of the molecule is O=C(O)Cn1nc(C(F)(F)F)c2c1C(F)(F)C1C[C@H]21. The Morgan fingerprint density at radius 3 is 2.63 bits per heavy atom. The minimum absolute atomic E-state index is 0.0121. The van der Waals surface area contributed by atoms with Crippen molar-refractivity contribution in [2.75, 3.05) is 0 Å². The molecular formula is C10H7F5N2O2. The molecule has 2 atom stereocenters. The highest BCUT2D eigenvalue weighted by Gasteiger charge is 2.68. The molecule has 1 saturated carbocycles. The Kier molecular flexibility index (Phi) is 2.12. The van der Waals surface area contributed by atoms with E-state index in [0.29, 0.717) is 0 Å². The van der Waals surface area contributed by atoms with Crippen molar-refractivity contribution in [1.29, 1.82) is 0 Å². The van der Waals surface area contributed by atoms with Gasteiger partial charge >= 0.3 is 12.1 Å². The van der Waals surface area contributed by atoms with Gasteiger partial charge in [-0.3, -0.25) is 9.48 Å². The normalized spacial score (nSPS) is 27.0. The lowest BCUT2D eigenvalue weighted by atomic mass is 10.1. The maximum Gasteiger partial charge on any atom is 0.435 e. The number of aromatic nitrogens is 2. The predicted molar refractivity (Wildman–Crippen MR) is 49.6 cm³/mol. The van der Waals surface area contributed by atoms with Gasteiger partial charge in [0, 0.05) is 11.5 Å². The number of alkyl halides is 5. The molecule has 0 spiro atoms. The summed E-state index contributed by atoms with van der Waals surface area (Å²) >= 11 is 0. The van der Waals surface area contributed by atoms with Gasteiger partial charge in [-0.2, -0.15) is 27.1 Å². The van der Waals surface area contributed by atoms with Crippen LogP contribution in [0.1, 0.15) is 29.3 Å². The quantitative estimate of drug-likeness (QED) is 0.846. The van der Waals surface area contributed by atoms with Gasteiger partial charge < -0.3 is 5.11 Å². The Balaban J connectivity index is 2.19. The molecule has 104 valence electrons. The maximum absolute atomic E-state index is 13.9. The van der Waals surface area contributed by atoms with E-state index in [1.165, 1.54) is 0 Å². The van der Waals surface area contributed by atoms with Crippen molar-refractivity contribution >= 4 is 5.97 Å². The van der Waals surface area contributed by atoms with Gasteiger partial charge in [0.25, 0.3) is 5.92 Å². The number of rotatable bonds is 2. The van der Waals surface area contributed by atoms with Gasteiger partial charge in [-0.15, -0.1) is 0 Å². The van der Waals surface area contributed by atoms with Crippen LogP contribution >= 0.6 is 0 Å². The van der Waals surface area contributed by atoms with Crippen LogP contribution in [0.3, 0.4) is 0 Å². The summed E-state index contributed by atoms with van der Waals surface area (Å²) in [5.41, 5.74) is -2.79. The number of carboxylic acid groups (broad SMARTS) is 1. The van der Waals surface area contributed by atoms with Crippen molar-refractivity contribution < 1.29 is 31.9 Å². The van der Waals surface area contributed by atoms with E-state index < -0.39 is 53.4 Å². The monoisotopic (exact) mass is 282 g/mol. The molecule has 9 heteroatoms. The standard InChI is InChI=1S/C10H7F5N2O2/c11-9(12)4-1-3(4)6-7(10(13,14)15)16-17(8(6)9)2-5(18)19/h3-4H,1-2H2,(H,18,19)/t3-,4?/m0/s1. The lowest BCUT2D eigenvalue weighted by Crippen LogP contribution is -2.22. The van der Waals surface area contributed by atoms with E-state index in [1.807, 2.05) is 0 Å². The average molecular weight is 282 g/mol. The third-order valence-corrected chi connectivity index (χ3v) is 3.49. The average Bonchev–Trinajstić information content (AvgIpc) is 2.87. The summed E-state index contributed by atoms with van der Waals surface area (Å²) in [6.45, 7) is -1.01. The molecule has 0 amide bonds. The van der Waals surface area contributed by atoms with Crippen molar-refractivity contribution in [1.82, 2.24) is 9.78 Å². The smallest absolute Gasteiger partial charge is 0.435 e. The van der Waals surface area contributed by atoms with Crippen LogP contribution in [0.25, 0.3) is 0 Å². The number of carboxylic acids is 1. The van der Waals surface area contributed by atoms with Gasteiger partial charge in [-0.25, -0.2) is 0 Å². The first-order chi connectivity index (χ1) is 8.64. The van der Waals surface area contributed by atoms with Crippen LogP contribution < -0.4 is 0 Å². The van der Waals surface area contributed by atoms with Crippen molar-refractivity contribution in [2.24, 2.45) is 5.92 Å². The van der Waals surface area contributed by atoms with E-state index in [0.717, 1.165) is 0 Å². The zero-order valence-corrected chi connectivity index (χ0v) is 9.21. The van der Waals surface area contributed by atoms with E-state index in [9.17, 15) is 26.7 Å². The third kappa shape index (κ3) is 1.56. The molecule has 1 heterocycles. The number of halogens is 5. The van der Waals surface area contributed by atoms with Crippen molar-refractivity contribution in [3.05, 3.63) is 17.0 Å². The molecular weight excluding hydrogens is 275 g/mol. The fourth-order valence-electron chi connectivity index (χ4n) is 2.72. The Morgan fingerprint density at radius 1 is 1.47 bits per heavy atom. The highest BCUT2D eigenvalue weighted by atomic mass is 19.4. The lowest BCUT2D eigenvalue weighted by molar-refractivity contribution is -0.143. The summed E-state index contributed by atoms with van der Waals surface area (Å²) in [4.78, 5) is 10.5. The number of hydrogen-bond donors (Lipinski definition) is 1. The molecule has 1 unspecified atom stereocenters. The Labute approximate surface area is 102 Å². The number of aliphatic carboxylic acids is 1. The molecule has 0 saturated heterocycles. The molecule has 1 fully saturated rings. The Hall–Kier alpha value is -1.67. The van der Waals surface area contributed by atoms with Crippen LogP contribution in [0, 0.1) is 5.92 Å². The first-order valence-electron chi connectivity index (χ1n) is 5.42. The molecule has 4 nitrogen and oxygen atoms in total. The molecule has 3 rings (SSSR count). The van der Waals surface area contributed by atoms with Crippen LogP contribution in [-0.4, -0.2) is 20.9 Å². The van der Waals surface area contributed by atoms with Crippen molar-refractivity contribution in [3.63, 3.8) is 0 Å². The van der Waals surface area contributed by atoms with Gasteiger partial charge in [0.2, 0.25) is 0 Å². The predicted octanol–water partition coefficient (Wildman–Crippen LogP) is 2.20. The van der Waals surface area contributed by atoms with E-state index in [-0.39, 0.29) is 11.1 Å². The van der Waals surface area contributed by atoms with Crippen LogP contribution in [0.15, 0.2) is 0 Å². The van der Waals surface area contributed by atoms with Crippen LogP contribution in [0.5, 0.6) is 0 Å². The van der Waals surface area contributed by atoms with Gasteiger partial charge in [0.1, 0.15) is 12.2 Å². The molecule has 19 heavy (non-hydrogen) atoms. The highest BCUT2D eigenvalue weighted by molar-refractivity contribution is 5.67. The lowest BCUT2D eigenvalue weighted by Gasteiger charge is -2.14. The molecule has 0 aliphatic heterocycles. The van der Waals surface area contributed by atoms with E-state index in [4.69, 9.17) is 5.11 Å². The summed E-state index contributed by atoms with van der Waals surface area (Å²) < 4.78 is 66.3. The number of carbonyl (C=O) groups is 1. The highest BCUT2D eigenvalue weighted by Crippen LogP contribution is 2.68. The molecule has 1 N–H and O–H groups in total. The summed E-state index contributed by atoms with van der Waals surface area (Å²) in [5.74, 6) is -6.97. The van der Waals surface area contributed by atoms with Gasteiger partial charge in [-0.05, 0) is 12.3 Å². The number of hydrogen-bond acceptors (Lipinski definition) is 2. The van der Waals surface area contributed by atoms with E-state index in [2.05, 4.69) is 5.10 Å². The van der Waals surface area contributed by atoms with E-state index in [1.54, 1.807) is 0 Å². The minimum atomic E-state index is -4.86. The minimum Gasteiger partial charge on any atom is -0.480 e. The first-order valence-corrected chi connectivity index (χ1v) is 5.42. The van der Waals surface area contributed by atoms with E-state index >= 15 is 0 Å². The first kappa shape index (κ1) is 12.4. The van der Waals surface area contributed by atoms with Gasteiger partial charge in [0.15, 0.2) is 5.69 Å². The van der Waals surface area contributed by atoms with Crippen LogP contribution in [0.4, 0.5) is 22.0 Å².